The van der Waals surface area contributed by atoms with Gasteiger partial charge in [-0.3, -0.25) is 4.98 Å². The summed E-state index contributed by atoms with van der Waals surface area (Å²) >= 11 is 5.90. The molecule has 2 rings (SSSR count). The SMILES string of the molecule is Cc1cc(CN)nc2cc(Cl)ccc12. The summed E-state index contributed by atoms with van der Waals surface area (Å²) in [7, 11) is 0. The van der Waals surface area contributed by atoms with E-state index in [1.807, 2.05) is 24.3 Å². The van der Waals surface area contributed by atoms with Gasteiger partial charge in [0.2, 0.25) is 0 Å². The van der Waals surface area contributed by atoms with Crippen LogP contribution in [-0.4, -0.2) is 4.98 Å². The van der Waals surface area contributed by atoms with Gasteiger partial charge in [0.25, 0.3) is 0 Å². The fourth-order valence-electron chi connectivity index (χ4n) is 1.55. The van der Waals surface area contributed by atoms with E-state index in [1.165, 1.54) is 5.56 Å². The molecule has 2 N–H and O–H groups in total. The van der Waals surface area contributed by atoms with Gasteiger partial charge in [0, 0.05) is 17.0 Å². The highest BCUT2D eigenvalue weighted by Crippen LogP contribution is 2.21. The number of rotatable bonds is 1. The first-order valence-electron chi connectivity index (χ1n) is 4.46. The van der Waals surface area contributed by atoms with E-state index in [0.717, 1.165) is 16.6 Å². The van der Waals surface area contributed by atoms with Crippen LogP contribution in [0.1, 0.15) is 11.3 Å². The molecule has 0 aliphatic rings. The van der Waals surface area contributed by atoms with Gasteiger partial charge in [-0.2, -0.15) is 0 Å². The number of benzene rings is 1. The van der Waals surface area contributed by atoms with Crippen molar-refractivity contribution in [2.75, 3.05) is 0 Å². The van der Waals surface area contributed by atoms with Gasteiger partial charge in [-0.05, 0) is 30.7 Å². The normalized spacial score (nSPS) is 10.8. The molecule has 72 valence electrons. The number of hydrogen-bond donors (Lipinski definition) is 1. The Morgan fingerprint density at radius 3 is 2.86 bits per heavy atom. The summed E-state index contributed by atoms with van der Waals surface area (Å²) in [5.41, 5.74) is 8.55. The molecule has 0 bridgehead atoms. The van der Waals surface area contributed by atoms with E-state index in [2.05, 4.69) is 11.9 Å². The average molecular weight is 207 g/mol. The topological polar surface area (TPSA) is 38.9 Å². The summed E-state index contributed by atoms with van der Waals surface area (Å²) in [5.74, 6) is 0. The van der Waals surface area contributed by atoms with Crippen molar-refractivity contribution in [3.8, 4) is 0 Å². The minimum absolute atomic E-state index is 0.462. The van der Waals surface area contributed by atoms with Gasteiger partial charge < -0.3 is 5.73 Å². The highest BCUT2D eigenvalue weighted by atomic mass is 35.5. The average Bonchev–Trinajstić information content (AvgIpc) is 2.16. The van der Waals surface area contributed by atoms with Crippen LogP contribution >= 0.6 is 11.6 Å². The molecule has 0 unspecified atom stereocenters. The number of nitrogens with zero attached hydrogens (tertiary/aromatic N) is 1. The molecule has 2 aromatic rings. The first kappa shape index (κ1) is 9.44. The molecule has 1 heterocycles. The van der Waals surface area contributed by atoms with Crippen LogP contribution in [0.4, 0.5) is 0 Å². The van der Waals surface area contributed by atoms with Crippen molar-refractivity contribution >= 4 is 22.5 Å². The molecule has 0 aliphatic heterocycles. The highest BCUT2D eigenvalue weighted by molar-refractivity contribution is 6.31. The molecule has 0 amide bonds. The van der Waals surface area contributed by atoms with Crippen LogP contribution in [0.3, 0.4) is 0 Å². The second-order valence-electron chi connectivity index (χ2n) is 3.30. The molecule has 0 saturated carbocycles. The lowest BCUT2D eigenvalue weighted by atomic mass is 10.1. The zero-order valence-corrected chi connectivity index (χ0v) is 8.67. The van der Waals surface area contributed by atoms with Crippen LogP contribution in [0, 0.1) is 6.92 Å². The molecule has 0 atom stereocenters. The maximum atomic E-state index is 5.90. The number of halogens is 1. The molecule has 1 aromatic heterocycles. The van der Waals surface area contributed by atoms with Crippen LogP contribution < -0.4 is 5.73 Å². The second kappa shape index (κ2) is 3.56. The van der Waals surface area contributed by atoms with Gasteiger partial charge in [0.15, 0.2) is 0 Å². The first-order valence-corrected chi connectivity index (χ1v) is 4.84. The van der Waals surface area contributed by atoms with Crippen LogP contribution in [0.2, 0.25) is 5.02 Å². The maximum Gasteiger partial charge on any atom is 0.0723 e. The van der Waals surface area contributed by atoms with Crippen molar-refractivity contribution in [1.82, 2.24) is 4.98 Å². The molecule has 3 heteroatoms. The van der Waals surface area contributed by atoms with E-state index in [9.17, 15) is 0 Å². The Morgan fingerprint density at radius 2 is 2.14 bits per heavy atom. The highest BCUT2D eigenvalue weighted by Gasteiger charge is 2.01. The molecule has 0 fully saturated rings. The monoisotopic (exact) mass is 206 g/mol. The fraction of sp³-hybridized carbons (Fsp3) is 0.182. The van der Waals surface area contributed by atoms with Crippen molar-refractivity contribution in [1.29, 1.82) is 0 Å². The Hall–Kier alpha value is -1.12. The molecular weight excluding hydrogens is 196 g/mol. The summed E-state index contributed by atoms with van der Waals surface area (Å²) < 4.78 is 0. The minimum Gasteiger partial charge on any atom is -0.325 e. The quantitative estimate of drug-likeness (QED) is 0.779. The lowest BCUT2D eigenvalue weighted by molar-refractivity contribution is 1.00. The van der Waals surface area contributed by atoms with E-state index in [-0.39, 0.29) is 0 Å². The fourth-order valence-corrected chi connectivity index (χ4v) is 1.72. The van der Waals surface area contributed by atoms with Crippen molar-refractivity contribution in [3.05, 3.63) is 40.5 Å². The minimum atomic E-state index is 0.462. The largest absolute Gasteiger partial charge is 0.325 e. The number of hydrogen-bond acceptors (Lipinski definition) is 2. The van der Waals surface area contributed by atoms with Crippen LogP contribution in [-0.2, 0) is 6.54 Å². The Balaban J connectivity index is 2.77. The van der Waals surface area contributed by atoms with Gasteiger partial charge in [0.1, 0.15) is 0 Å². The molecule has 0 radical (unpaired) electrons. The van der Waals surface area contributed by atoms with Crippen molar-refractivity contribution in [2.45, 2.75) is 13.5 Å². The third-order valence-corrected chi connectivity index (χ3v) is 2.48. The predicted molar refractivity (Wildman–Crippen MR) is 59.4 cm³/mol. The lowest BCUT2D eigenvalue weighted by Gasteiger charge is -2.04. The zero-order chi connectivity index (χ0) is 10.1. The van der Waals surface area contributed by atoms with Crippen molar-refractivity contribution in [3.63, 3.8) is 0 Å². The summed E-state index contributed by atoms with van der Waals surface area (Å²) in [5, 5.41) is 1.84. The van der Waals surface area contributed by atoms with Gasteiger partial charge in [-0.1, -0.05) is 17.7 Å². The van der Waals surface area contributed by atoms with Gasteiger partial charge in [0.05, 0.1) is 11.2 Å². The molecular formula is C11H11ClN2. The molecule has 2 nitrogen and oxygen atoms in total. The number of aromatic nitrogens is 1. The van der Waals surface area contributed by atoms with E-state index < -0.39 is 0 Å². The molecule has 0 aliphatic carbocycles. The zero-order valence-electron chi connectivity index (χ0n) is 7.92. The summed E-state index contributed by atoms with van der Waals surface area (Å²) in [6, 6.07) is 7.74. The van der Waals surface area contributed by atoms with E-state index >= 15 is 0 Å². The van der Waals surface area contributed by atoms with Crippen molar-refractivity contribution < 1.29 is 0 Å². The van der Waals surface area contributed by atoms with Crippen LogP contribution in [0.5, 0.6) is 0 Å². The third kappa shape index (κ3) is 1.59. The summed E-state index contributed by atoms with van der Waals surface area (Å²) in [6.07, 6.45) is 0. The van der Waals surface area contributed by atoms with Crippen LogP contribution in [0.15, 0.2) is 24.3 Å². The molecule has 0 spiro atoms. The third-order valence-electron chi connectivity index (χ3n) is 2.24. The first-order chi connectivity index (χ1) is 6.70. The lowest BCUT2D eigenvalue weighted by Crippen LogP contribution is -2.00. The Morgan fingerprint density at radius 1 is 1.36 bits per heavy atom. The second-order valence-corrected chi connectivity index (χ2v) is 3.73. The number of aryl methyl sites for hydroxylation is 1. The summed E-state index contributed by atoms with van der Waals surface area (Å²) in [6.45, 7) is 2.51. The van der Waals surface area contributed by atoms with Crippen LogP contribution in [0.25, 0.3) is 10.9 Å². The standard InChI is InChI=1S/C11H11ClN2/c1-7-4-9(6-13)14-11-5-8(12)2-3-10(7)11/h2-5H,6,13H2,1H3. The van der Waals surface area contributed by atoms with Crippen molar-refractivity contribution in [2.24, 2.45) is 5.73 Å². The Bertz CT molecular complexity index is 480. The van der Waals surface area contributed by atoms with Gasteiger partial charge >= 0.3 is 0 Å². The number of fused-ring (bicyclic) bond motifs is 1. The Labute approximate surface area is 87.7 Å². The van der Waals surface area contributed by atoms with E-state index in [0.29, 0.717) is 11.6 Å². The predicted octanol–water partition coefficient (Wildman–Crippen LogP) is 2.66. The molecule has 14 heavy (non-hydrogen) atoms. The molecule has 0 saturated heterocycles. The number of pyridine rings is 1. The maximum absolute atomic E-state index is 5.90. The van der Waals surface area contributed by atoms with E-state index in [4.69, 9.17) is 17.3 Å². The van der Waals surface area contributed by atoms with E-state index in [1.54, 1.807) is 0 Å². The smallest absolute Gasteiger partial charge is 0.0723 e. The Kier molecular flexibility index (Phi) is 2.40. The summed E-state index contributed by atoms with van der Waals surface area (Å²) in [4.78, 5) is 4.41. The number of nitrogens with two attached hydrogens (primary N) is 1. The molecule has 1 aromatic carbocycles. The van der Waals surface area contributed by atoms with Gasteiger partial charge in [-0.25, -0.2) is 0 Å². The van der Waals surface area contributed by atoms with Gasteiger partial charge in [-0.15, -0.1) is 0 Å².